The molecule has 1 heterocycles. The summed E-state index contributed by atoms with van der Waals surface area (Å²) >= 11 is 31.7. The van der Waals surface area contributed by atoms with Crippen molar-refractivity contribution < 1.29 is 19.2 Å². The predicted octanol–water partition coefficient (Wildman–Crippen LogP) is 6.66. The van der Waals surface area contributed by atoms with Gasteiger partial charge in [0.2, 0.25) is 0 Å². The van der Waals surface area contributed by atoms with Crippen molar-refractivity contribution in [2.75, 3.05) is 5.88 Å². The SMILES string of the molecule is O=C(c1ccc(Cl)cc1)[C@H](CCCl)N(C(=O)c1ccc(Cl)c(Cl)c1)N1C(=O)[C@@H]2[C@H]3C[C@@H]([C@H](Br)[C@H]3Br)[C@@H]2C1=O. The lowest BCUT2D eigenvalue weighted by Crippen LogP contribution is -2.58. The number of carbonyl (C=O) groups is 4. The number of hydrogen-bond acceptors (Lipinski definition) is 4. The highest BCUT2D eigenvalue weighted by atomic mass is 79.9. The van der Waals surface area contributed by atoms with E-state index in [1.807, 2.05) is 0 Å². The van der Waals surface area contributed by atoms with Gasteiger partial charge in [-0.3, -0.25) is 19.2 Å². The molecule has 7 atom stereocenters. The minimum absolute atomic E-state index is 0.00251. The Morgan fingerprint density at radius 3 is 1.97 bits per heavy atom. The van der Waals surface area contributed by atoms with Gasteiger partial charge in [-0.1, -0.05) is 66.7 Å². The largest absolute Gasteiger partial charge is 0.292 e. The smallest absolute Gasteiger partial charge is 0.273 e. The number of hydrogen-bond donors (Lipinski definition) is 0. The zero-order chi connectivity index (χ0) is 27.5. The van der Waals surface area contributed by atoms with Crippen LogP contribution in [0.15, 0.2) is 42.5 Å². The van der Waals surface area contributed by atoms with Gasteiger partial charge in [-0.15, -0.1) is 11.6 Å². The molecule has 2 aliphatic carbocycles. The van der Waals surface area contributed by atoms with Gasteiger partial charge < -0.3 is 0 Å². The highest BCUT2D eigenvalue weighted by Gasteiger charge is 2.68. The van der Waals surface area contributed by atoms with Gasteiger partial charge in [-0.25, -0.2) is 5.01 Å². The van der Waals surface area contributed by atoms with Crippen LogP contribution in [0.2, 0.25) is 15.1 Å². The van der Waals surface area contributed by atoms with Crippen molar-refractivity contribution in [1.29, 1.82) is 0 Å². The number of amides is 3. The Kier molecular flexibility index (Phi) is 8.23. The van der Waals surface area contributed by atoms with Crippen LogP contribution in [0.25, 0.3) is 0 Å². The third-order valence-corrected chi connectivity index (χ3v) is 12.1. The Hall–Kier alpha value is -1.16. The van der Waals surface area contributed by atoms with Crippen LogP contribution in [-0.4, -0.2) is 55.1 Å². The van der Waals surface area contributed by atoms with Crippen molar-refractivity contribution >= 4 is 102 Å². The van der Waals surface area contributed by atoms with E-state index in [4.69, 9.17) is 46.4 Å². The number of nitrogens with zero attached hydrogens (tertiary/aromatic N) is 2. The van der Waals surface area contributed by atoms with Gasteiger partial charge in [0.25, 0.3) is 17.7 Å². The predicted molar refractivity (Wildman–Crippen MR) is 153 cm³/mol. The summed E-state index contributed by atoms with van der Waals surface area (Å²) < 4.78 is 0. The third kappa shape index (κ3) is 4.63. The van der Waals surface area contributed by atoms with E-state index in [-0.39, 0.29) is 55.0 Å². The molecule has 0 unspecified atom stereocenters. The Morgan fingerprint density at radius 2 is 1.45 bits per heavy atom. The van der Waals surface area contributed by atoms with E-state index in [1.165, 1.54) is 30.3 Å². The van der Waals surface area contributed by atoms with Crippen molar-refractivity contribution in [3.8, 4) is 0 Å². The molecule has 6 nitrogen and oxygen atoms in total. The molecule has 12 heteroatoms. The molecule has 0 spiro atoms. The molecule has 2 saturated carbocycles. The number of alkyl halides is 3. The molecule has 0 aromatic heterocycles. The van der Waals surface area contributed by atoms with Gasteiger partial charge in [0, 0.05) is 31.7 Å². The fraction of sp³-hybridized carbons (Fsp3) is 0.385. The van der Waals surface area contributed by atoms with Crippen LogP contribution in [0.3, 0.4) is 0 Å². The molecule has 2 bridgehead atoms. The maximum Gasteiger partial charge on any atom is 0.273 e. The second-order valence-corrected chi connectivity index (χ2v) is 13.4. The average Bonchev–Trinajstić information content (AvgIpc) is 3.51. The summed E-state index contributed by atoms with van der Waals surface area (Å²) in [5.74, 6) is -3.52. The zero-order valence-corrected chi connectivity index (χ0v) is 25.7. The molecule has 3 aliphatic rings. The summed E-state index contributed by atoms with van der Waals surface area (Å²) in [6, 6.07) is 9.16. The standard InChI is InChI=1S/C26H20Br2Cl4N2O4/c27-21-14-10-15(22(21)28)20-19(14)25(37)34(26(20)38)33(24(36)12-3-6-16(31)17(32)9-12)18(7-8-29)23(35)11-1-4-13(30)5-2-11/h1-6,9,14-15,18-22H,7-8,10H2/t14-,15-,18+,19-,20+,21+,22+/m1/s1. The number of Topliss-reactive ketones (excluding diaryl/α,β-unsaturated/α-hetero) is 1. The summed E-state index contributed by atoms with van der Waals surface area (Å²) in [7, 11) is 0. The van der Waals surface area contributed by atoms with Gasteiger partial charge in [0.15, 0.2) is 5.78 Å². The molecule has 1 saturated heterocycles. The molecule has 200 valence electrons. The van der Waals surface area contributed by atoms with Crippen LogP contribution < -0.4 is 0 Å². The van der Waals surface area contributed by atoms with E-state index in [1.54, 1.807) is 12.1 Å². The number of imide groups is 1. The topological polar surface area (TPSA) is 74.8 Å². The number of carbonyl (C=O) groups excluding carboxylic acids is 4. The molecule has 0 radical (unpaired) electrons. The van der Waals surface area contributed by atoms with Crippen molar-refractivity contribution in [3.05, 3.63) is 68.7 Å². The van der Waals surface area contributed by atoms with Gasteiger partial charge in [-0.05, 0) is 67.1 Å². The molecular weight excluding hydrogens is 706 g/mol. The fourth-order valence-electron chi connectivity index (χ4n) is 5.95. The van der Waals surface area contributed by atoms with E-state index < -0.39 is 41.4 Å². The first kappa shape index (κ1) is 28.4. The average molecular weight is 726 g/mol. The molecule has 0 N–H and O–H groups in total. The Bertz CT molecular complexity index is 1290. The van der Waals surface area contributed by atoms with Crippen LogP contribution >= 0.6 is 78.3 Å². The minimum atomic E-state index is -1.24. The van der Waals surface area contributed by atoms with E-state index in [2.05, 4.69) is 31.9 Å². The lowest BCUT2D eigenvalue weighted by molar-refractivity contribution is -0.157. The lowest BCUT2D eigenvalue weighted by Gasteiger charge is -2.36. The highest BCUT2D eigenvalue weighted by Crippen LogP contribution is 2.60. The minimum Gasteiger partial charge on any atom is -0.292 e. The van der Waals surface area contributed by atoms with E-state index >= 15 is 0 Å². The molecule has 2 aromatic rings. The maximum absolute atomic E-state index is 14.1. The monoisotopic (exact) mass is 722 g/mol. The van der Waals surface area contributed by atoms with Crippen LogP contribution in [-0.2, 0) is 9.59 Å². The van der Waals surface area contributed by atoms with Crippen LogP contribution in [0.1, 0.15) is 33.6 Å². The highest BCUT2D eigenvalue weighted by molar-refractivity contribution is 9.12. The van der Waals surface area contributed by atoms with E-state index in [0.29, 0.717) is 5.02 Å². The van der Waals surface area contributed by atoms with Gasteiger partial charge >= 0.3 is 0 Å². The number of hydrazine groups is 1. The van der Waals surface area contributed by atoms with Gasteiger partial charge in [0.05, 0.1) is 21.9 Å². The van der Waals surface area contributed by atoms with Crippen LogP contribution in [0, 0.1) is 23.7 Å². The van der Waals surface area contributed by atoms with E-state index in [0.717, 1.165) is 16.4 Å². The quantitative estimate of drug-likeness (QED) is 0.182. The first-order valence-corrected chi connectivity index (χ1v) is 15.4. The fourth-order valence-corrected chi connectivity index (χ4v) is 8.46. The van der Waals surface area contributed by atoms with Crippen molar-refractivity contribution in [1.82, 2.24) is 10.0 Å². The summed E-state index contributed by atoms with van der Waals surface area (Å²) in [4.78, 5) is 55.7. The molecule has 3 fully saturated rings. The first-order chi connectivity index (χ1) is 18.1. The summed E-state index contributed by atoms with van der Waals surface area (Å²) in [6.45, 7) is 0. The van der Waals surface area contributed by atoms with Gasteiger partial charge in [-0.2, -0.15) is 5.01 Å². The third-order valence-electron chi connectivity index (χ3n) is 7.66. The summed E-state index contributed by atoms with van der Waals surface area (Å²) in [5.41, 5.74) is 0.331. The summed E-state index contributed by atoms with van der Waals surface area (Å²) in [5, 5.41) is 2.65. The molecule has 1 aliphatic heterocycles. The number of halogens is 6. The normalized spacial score (nSPS) is 28.5. The first-order valence-electron chi connectivity index (χ1n) is 11.9. The number of rotatable bonds is 7. The van der Waals surface area contributed by atoms with Gasteiger partial charge in [0.1, 0.15) is 6.04 Å². The zero-order valence-electron chi connectivity index (χ0n) is 19.5. The molecule has 5 rings (SSSR count). The maximum atomic E-state index is 14.1. The van der Waals surface area contributed by atoms with E-state index in [9.17, 15) is 19.2 Å². The van der Waals surface area contributed by atoms with Crippen molar-refractivity contribution in [2.45, 2.75) is 28.5 Å². The summed E-state index contributed by atoms with van der Waals surface area (Å²) in [6.07, 6.45) is 0.722. The molecular formula is C26H20Br2Cl4N2O4. The van der Waals surface area contributed by atoms with Crippen molar-refractivity contribution in [3.63, 3.8) is 0 Å². The number of fused-ring (bicyclic) bond motifs is 5. The number of ketones is 1. The van der Waals surface area contributed by atoms with Crippen molar-refractivity contribution in [2.24, 2.45) is 23.7 Å². The number of benzene rings is 2. The molecule has 2 aromatic carbocycles. The van der Waals surface area contributed by atoms with Crippen LogP contribution in [0.4, 0.5) is 0 Å². The molecule has 3 amide bonds. The second kappa shape index (κ2) is 11.0. The Balaban J connectivity index is 1.61. The van der Waals surface area contributed by atoms with Crippen LogP contribution in [0.5, 0.6) is 0 Å². The Labute approximate surface area is 256 Å². The lowest BCUT2D eigenvalue weighted by atomic mass is 9.81. The Morgan fingerprint density at radius 1 is 0.895 bits per heavy atom. The second-order valence-electron chi connectivity index (χ2n) is 9.64. The molecule has 38 heavy (non-hydrogen) atoms.